The van der Waals surface area contributed by atoms with Gasteiger partial charge in [0.1, 0.15) is 0 Å². The second-order valence-electron chi connectivity index (χ2n) is 4.19. The van der Waals surface area contributed by atoms with Crippen molar-refractivity contribution in [3.8, 4) is 11.3 Å². The molecule has 0 amide bonds. The Bertz CT molecular complexity index is 720. The molecule has 0 spiro atoms. The van der Waals surface area contributed by atoms with Crippen LogP contribution in [0.3, 0.4) is 0 Å². The Hall–Kier alpha value is -0.750. The molecule has 0 aliphatic heterocycles. The predicted molar refractivity (Wildman–Crippen MR) is 87.3 cm³/mol. The van der Waals surface area contributed by atoms with Crippen molar-refractivity contribution in [2.75, 3.05) is 5.75 Å². The number of hydrogen-bond acceptors (Lipinski definition) is 4. The Labute approximate surface area is 134 Å². The summed E-state index contributed by atoms with van der Waals surface area (Å²) in [6.45, 7) is 2.16. The fourth-order valence-electron chi connectivity index (χ4n) is 1.76. The van der Waals surface area contributed by atoms with Crippen LogP contribution >= 0.6 is 46.3 Å². The van der Waals surface area contributed by atoms with E-state index in [1.54, 1.807) is 29.2 Å². The lowest BCUT2D eigenvalue weighted by atomic mass is 10.2. The van der Waals surface area contributed by atoms with Crippen LogP contribution in [-0.4, -0.2) is 20.4 Å². The van der Waals surface area contributed by atoms with Crippen LogP contribution in [0, 0.1) is 0 Å². The Morgan fingerprint density at radius 1 is 1.35 bits per heavy atom. The van der Waals surface area contributed by atoms with E-state index in [0.29, 0.717) is 10.0 Å². The second kappa shape index (κ2) is 5.93. The van der Waals surface area contributed by atoms with Gasteiger partial charge in [-0.25, -0.2) is 9.50 Å². The van der Waals surface area contributed by atoms with Gasteiger partial charge >= 0.3 is 0 Å². The van der Waals surface area contributed by atoms with Crippen molar-refractivity contribution in [1.82, 2.24) is 14.6 Å². The maximum atomic E-state index is 6.20. The minimum atomic E-state index is 0.601. The average Bonchev–Trinajstić information content (AvgIpc) is 2.94. The summed E-state index contributed by atoms with van der Waals surface area (Å²) in [5.74, 6) is 1.08. The third kappa shape index (κ3) is 2.81. The minimum absolute atomic E-state index is 0.601. The van der Waals surface area contributed by atoms with E-state index in [-0.39, 0.29) is 0 Å². The molecule has 1 aromatic carbocycles. The molecule has 0 atom stereocenters. The van der Waals surface area contributed by atoms with Crippen LogP contribution in [0.5, 0.6) is 0 Å². The second-order valence-corrected chi connectivity index (χ2v) is 7.34. The molecule has 3 rings (SSSR count). The van der Waals surface area contributed by atoms with Gasteiger partial charge in [-0.1, -0.05) is 53.2 Å². The van der Waals surface area contributed by atoms with Gasteiger partial charge in [-0.3, -0.25) is 0 Å². The van der Waals surface area contributed by atoms with E-state index >= 15 is 0 Å². The first kappa shape index (κ1) is 14.2. The van der Waals surface area contributed by atoms with Gasteiger partial charge in [0.2, 0.25) is 4.96 Å². The number of halogens is 2. The molecule has 7 heteroatoms. The lowest BCUT2D eigenvalue weighted by Crippen LogP contribution is -1.82. The van der Waals surface area contributed by atoms with Crippen molar-refractivity contribution in [3.63, 3.8) is 0 Å². The number of thioether (sulfide) groups is 1. The number of rotatable bonds is 4. The number of nitrogens with zero attached hydrogens (tertiary/aromatic N) is 3. The predicted octanol–water partition coefficient (Wildman–Crippen LogP) is 5.27. The molecule has 0 unspecified atom stereocenters. The molecule has 0 saturated carbocycles. The van der Waals surface area contributed by atoms with Crippen molar-refractivity contribution < 1.29 is 0 Å². The van der Waals surface area contributed by atoms with Gasteiger partial charge < -0.3 is 0 Å². The van der Waals surface area contributed by atoms with E-state index in [4.69, 9.17) is 23.2 Å². The molecular weight excluding hydrogens is 333 g/mol. The Balaban J connectivity index is 1.95. The maximum Gasteiger partial charge on any atom is 0.213 e. The Morgan fingerprint density at radius 2 is 2.20 bits per heavy atom. The van der Waals surface area contributed by atoms with E-state index in [2.05, 4.69) is 17.0 Å². The number of benzene rings is 1. The summed E-state index contributed by atoms with van der Waals surface area (Å²) in [6.07, 6.45) is 3.04. The maximum absolute atomic E-state index is 6.20. The third-order valence-electron chi connectivity index (χ3n) is 2.66. The summed E-state index contributed by atoms with van der Waals surface area (Å²) >= 11 is 15.5. The molecule has 0 radical (unpaired) electrons. The van der Waals surface area contributed by atoms with Crippen molar-refractivity contribution in [1.29, 1.82) is 0 Å². The number of aromatic nitrogens is 3. The first-order valence-corrected chi connectivity index (χ1v) is 8.67. The van der Waals surface area contributed by atoms with E-state index in [1.165, 1.54) is 0 Å². The zero-order valence-corrected chi connectivity index (χ0v) is 13.8. The van der Waals surface area contributed by atoms with Gasteiger partial charge in [-0.2, -0.15) is 0 Å². The lowest BCUT2D eigenvalue weighted by Gasteiger charge is -2.00. The van der Waals surface area contributed by atoms with Gasteiger partial charge in [0.05, 0.1) is 16.9 Å². The molecule has 20 heavy (non-hydrogen) atoms. The molecular formula is C13H11Cl2N3S2. The standard InChI is InChI=1S/C13H11Cl2N3S2/c1-2-5-19-13-17-18-7-11(16-12(18)20-13)9-4-3-8(14)6-10(9)15/h3-4,6-7H,2,5H2,1H3. The van der Waals surface area contributed by atoms with Crippen LogP contribution in [0.15, 0.2) is 28.7 Å². The fourth-order valence-corrected chi connectivity index (χ4v) is 4.11. The number of fused-ring (bicyclic) bond motifs is 1. The lowest BCUT2D eigenvalue weighted by molar-refractivity contribution is 0.914. The third-order valence-corrected chi connectivity index (χ3v) is 5.47. The molecule has 0 bridgehead atoms. The summed E-state index contributed by atoms with van der Waals surface area (Å²) < 4.78 is 2.85. The highest BCUT2D eigenvalue weighted by Gasteiger charge is 2.12. The molecule has 104 valence electrons. The molecule has 0 N–H and O–H groups in total. The highest BCUT2D eigenvalue weighted by Crippen LogP contribution is 2.32. The smallest absolute Gasteiger partial charge is 0.213 e. The normalized spacial score (nSPS) is 11.3. The van der Waals surface area contributed by atoms with E-state index in [0.717, 1.165) is 32.7 Å². The molecule has 3 aromatic rings. The minimum Gasteiger partial charge on any atom is -0.217 e. The van der Waals surface area contributed by atoms with Crippen LogP contribution in [0.1, 0.15) is 13.3 Å². The first-order valence-electron chi connectivity index (χ1n) is 6.12. The Kier molecular flexibility index (Phi) is 4.21. The molecule has 2 aromatic heterocycles. The van der Waals surface area contributed by atoms with Crippen LogP contribution in [0.25, 0.3) is 16.2 Å². The average molecular weight is 344 g/mol. The molecule has 0 saturated heterocycles. The Morgan fingerprint density at radius 3 is 2.90 bits per heavy atom. The van der Waals surface area contributed by atoms with Crippen molar-refractivity contribution in [3.05, 3.63) is 34.4 Å². The fraction of sp³-hybridized carbons (Fsp3) is 0.231. The topological polar surface area (TPSA) is 30.2 Å². The quantitative estimate of drug-likeness (QED) is 0.604. The van der Waals surface area contributed by atoms with Crippen molar-refractivity contribution >= 4 is 51.3 Å². The molecule has 2 heterocycles. The summed E-state index contributed by atoms with van der Waals surface area (Å²) in [6, 6.07) is 5.41. The molecule has 0 fully saturated rings. The van der Waals surface area contributed by atoms with E-state index < -0.39 is 0 Å². The monoisotopic (exact) mass is 343 g/mol. The summed E-state index contributed by atoms with van der Waals surface area (Å²) in [7, 11) is 0. The van der Waals surface area contributed by atoms with Crippen LogP contribution in [0.2, 0.25) is 10.0 Å². The first-order chi connectivity index (χ1) is 9.67. The zero-order chi connectivity index (χ0) is 14.1. The van der Waals surface area contributed by atoms with Crippen molar-refractivity contribution in [2.45, 2.75) is 17.7 Å². The summed E-state index contributed by atoms with van der Waals surface area (Å²) in [5, 5.41) is 5.73. The summed E-state index contributed by atoms with van der Waals surface area (Å²) in [5.41, 5.74) is 1.69. The molecule has 0 aliphatic carbocycles. The number of hydrogen-bond donors (Lipinski definition) is 0. The summed E-state index contributed by atoms with van der Waals surface area (Å²) in [4.78, 5) is 5.46. The highest BCUT2D eigenvalue weighted by molar-refractivity contribution is 8.01. The largest absolute Gasteiger partial charge is 0.217 e. The van der Waals surface area contributed by atoms with Gasteiger partial charge in [-0.15, -0.1) is 5.10 Å². The molecule has 0 aliphatic rings. The van der Waals surface area contributed by atoms with Crippen LogP contribution in [0.4, 0.5) is 0 Å². The van der Waals surface area contributed by atoms with E-state index in [9.17, 15) is 0 Å². The van der Waals surface area contributed by atoms with Gasteiger partial charge in [0.15, 0.2) is 4.34 Å². The van der Waals surface area contributed by atoms with E-state index in [1.807, 2.05) is 22.8 Å². The SMILES string of the molecule is CCCSc1nn2cc(-c3ccc(Cl)cc3Cl)nc2s1. The number of imidazole rings is 1. The van der Waals surface area contributed by atoms with Gasteiger partial charge in [-0.05, 0) is 24.6 Å². The van der Waals surface area contributed by atoms with Gasteiger partial charge in [0, 0.05) is 16.3 Å². The van der Waals surface area contributed by atoms with Crippen LogP contribution < -0.4 is 0 Å². The molecule has 3 nitrogen and oxygen atoms in total. The van der Waals surface area contributed by atoms with Crippen LogP contribution in [-0.2, 0) is 0 Å². The zero-order valence-electron chi connectivity index (χ0n) is 10.6. The highest BCUT2D eigenvalue weighted by atomic mass is 35.5. The van der Waals surface area contributed by atoms with Gasteiger partial charge in [0.25, 0.3) is 0 Å². The van der Waals surface area contributed by atoms with Crippen molar-refractivity contribution in [2.24, 2.45) is 0 Å².